The first kappa shape index (κ1) is 12.7. The van der Waals surface area contributed by atoms with Gasteiger partial charge in [0.2, 0.25) is 5.91 Å². The van der Waals surface area contributed by atoms with Crippen molar-refractivity contribution in [2.45, 2.75) is 32.7 Å². The topological polar surface area (TPSA) is 55.1 Å². The van der Waals surface area contributed by atoms with Gasteiger partial charge in [0.15, 0.2) is 0 Å². The van der Waals surface area contributed by atoms with E-state index >= 15 is 0 Å². The number of carbonyl (C=O) groups is 1. The summed E-state index contributed by atoms with van der Waals surface area (Å²) in [6, 6.07) is 8.63. The van der Waals surface area contributed by atoms with Crippen molar-refractivity contribution >= 4 is 5.91 Å². The van der Waals surface area contributed by atoms with Crippen LogP contribution in [0.25, 0.3) is 0 Å². The number of carbonyl (C=O) groups excluding carboxylic acids is 1. The van der Waals surface area contributed by atoms with Crippen LogP contribution in [-0.2, 0) is 4.79 Å². The van der Waals surface area contributed by atoms with Gasteiger partial charge in [-0.1, -0.05) is 24.3 Å². The number of hydrogen-bond donors (Lipinski definition) is 2. The Kier molecular flexibility index (Phi) is 4.99. The molecule has 1 rings (SSSR count). The molecule has 0 fully saturated rings. The Morgan fingerprint density at radius 3 is 2.75 bits per heavy atom. The smallest absolute Gasteiger partial charge is 0.217 e. The highest BCUT2D eigenvalue weighted by Crippen LogP contribution is 2.16. The number of rotatable bonds is 6. The molecule has 0 aromatic heterocycles. The summed E-state index contributed by atoms with van der Waals surface area (Å²) in [5.41, 5.74) is 7.67. The highest BCUT2D eigenvalue weighted by atomic mass is 16.1. The number of nitrogens with one attached hydrogen (secondary N) is 1. The van der Waals surface area contributed by atoms with Crippen LogP contribution in [0.3, 0.4) is 0 Å². The van der Waals surface area contributed by atoms with Gasteiger partial charge in [0.1, 0.15) is 0 Å². The highest BCUT2D eigenvalue weighted by Gasteiger charge is 2.06. The zero-order chi connectivity index (χ0) is 12.0. The van der Waals surface area contributed by atoms with Crippen molar-refractivity contribution in [1.82, 2.24) is 5.32 Å². The Bertz CT molecular complexity index is 350. The summed E-state index contributed by atoms with van der Waals surface area (Å²) >= 11 is 0. The van der Waals surface area contributed by atoms with Crippen LogP contribution in [0.2, 0.25) is 0 Å². The molecule has 0 aliphatic rings. The van der Waals surface area contributed by atoms with Crippen molar-refractivity contribution < 1.29 is 4.79 Å². The summed E-state index contributed by atoms with van der Waals surface area (Å²) in [7, 11) is 0. The van der Waals surface area contributed by atoms with Crippen LogP contribution in [0.1, 0.15) is 36.9 Å². The average Bonchev–Trinajstić information content (AvgIpc) is 2.24. The van der Waals surface area contributed by atoms with Gasteiger partial charge in [-0.25, -0.2) is 0 Å². The maximum Gasteiger partial charge on any atom is 0.217 e. The van der Waals surface area contributed by atoms with Crippen LogP contribution in [0.15, 0.2) is 24.3 Å². The van der Waals surface area contributed by atoms with E-state index in [2.05, 4.69) is 31.3 Å². The van der Waals surface area contributed by atoms with E-state index in [0.29, 0.717) is 12.5 Å². The van der Waals surface area contributed by atoms with Crippen LogP contribution in [0.5, 0.6) is 0 Å². The summed E-state index contributed by atoms with van der Waals surface area (Å²) in [4.78, 5) is 10.6. The molecule has 0 saturated carbocycles. The minimum Gasteiger partial charge on any atom is -0.370 e. The summed E-state index contributed by atoms with van der Waals surface area (Å²) < 4.78 is 0. The summed E-state index contributed by atoms with van der Waals surface area (Å²) in [6.07, 6.45) is 1.25. The van der Waals surface area contributed by atoms with E-state index in [9.17, 15) is 4.79 Å². The maximum absolute atomic E-state index is 10.6. The Labute approximate surface area is 97.0 Å². The summed E-state index contributed by atoms with van der Waals surface area (Å²) in [5.74, 6) is -0.231. The molecular formula is C13H20N2O. The van der Waals surface area contributed by atoms with Crippen molar-refractivity contribution in [2.24, 2.45) is 5.73 Å². The lowest BCUT2D eigenvalue weighted by Crippen LogP contribution is -2.22. The highest BCUT2D eigenvalue weighted by molar-refractivity contribution is 5.73. The second-order valence-electron chi connectivity index (χ2n) is 4.10. The second-order valence-corrected chi connectivity index (χ2v) is 4.10. The molecule has 0 aliphatic heterocycles. The number of nitrogens with two attached hydrogens (primary N) is 1. The van der Waals surface area contributed by atoms with Gasteiger partial charge in [0.05, 0.1) is 0 Å². The van der Waals surface area contributed by atoms with E-state index in [1.54, 1.807) is 0 Å². The van der Waals surface area contributed by atoms with Gasteiger partial charge in [-0.15, -0.1) is 0 Å². The number of aryl methyl sites for hydroxylation is 1. The van der Waals surface area contributed by atoms with Gasteiger partial charge in [-0.2, -0.15) is 0 Å². The first-order chi connectivity index (χ1) is 7.61. The fraction of sp³-hybridized carbons (Fsp3) is 0.462. The molecule has 1 atom stereocenters. The molecule has 1 aromatic rings. The third-order valence-electron chi connectivity index (χ3n) is 2.71. The zero-order valence-electron chi connectivity index (χ0n) is 9.99. The molecule has 0 spiro atoms. The van der Waals surface area contributed by atoms with Crippen molar-refractivity contribution in [3.05, 3.63) is 35.4 Å². The molecule has 1 unspecified atom stereocenters. The monoisotopic (exact) mass is 220 g/mol. The van der Waals surface area contributed by atoms with Crippen molar-refractivity contribution in [3.63, 3.8) is 0 Å². The molecule has 16 heavy (non-hydrogen) atoms. The third-order valence-corrected chi connectivity index (χ3v) is 2.71. The van der Waals surface area contributed by atoms with E-state index in [1.807, 2.05) is 12.1 Å². The molecule has 0 radical (unpaired) electrons. The predicted molar refractivity (Wildman–Crippen MR) is 66.0 cm³/mol. The Morgan fingerprint density at radius 1 is 1.44 bits per heavy atom. The molecular weight excluding hydrogens is 200 g/mol. The number of hydrogen-bond acceptors (Lipinski definition) is 2. The van der Waals surface area contributed by atoms with E-state index in [0.717, 1.165) is 13.0 Å². The molecule has 1 aromatic carbocycles. The molecule has 0 aliphatic carbocycles. The zero-order valence-corrected chi connectivity index (χ0v) is 9.99. The van der Waals surface area contributed by atoms with Crippen molar-refractivity contribution in [2.75, 3.05) is 6.54 Å². The minimum atomic E-state index is -0.231. The maximum atomic E-state index is 10.6. The van der Waals surface area contributed by atoms with E-state index in [1.165, 1.54) is 11.1 Å². The molecule has 1 amide bonds. The quantitative estimate of drug-likeness (QED) is 0.719. The van der Waals surface area contributed by atoms with E-state index in [-0.39, 0.29) is 5.91 Å². The van der Waals surface area contributed by atoms with Gasteiger partial charge in [0, 0.05) is 12.5 Å². The van der Waals surface area contributed by atoms with Crippen LogP contribution in [0, 0.1) is 6.92 Å². The fourth-order valence-corrected chi connectivity index (χ4v) is 1.76. The molecule has 0 heterocycles. The minimum absolute atomic E-state index is 0.231. The van der Waals surface area contributed by atoms with E-state index < -0.39 is 0 Å². The van der Waals surface area contributed by atoms with Crippen molar-refractivity contribution in [3.8, 4) is 0 Å². The number of primary amides is 1. The summed E-state index contributed by atoms with van der Waals surface area (Å²) in [5, 5.41) is 3.39. The van der Waals surface area contributed by atoms with Crippen LogP contribution in [-0.4, -0.2) is 12.5 Å². The Balaban J connectivity index is 2.38. The van der Waals surface area contributed by atoms with E-state index in [4.69, 9.17) is 5.73 Å². The normalized spacial score (nSPS) is 12.4. The third kappa shape index (κ3) is 4.03. The predicted octanol–water partition coefficient (Wildman–Crippen LogP) is 1.91. The average molecular weight is 220 g/mol. The molecule has 88 valence electrons. The van der Waals surface area contributed by atoms with Crippen LogP contribution < -0.4 is 11.1 Å². The molecule has 3 N–H and O–H groups in total. The standard InChI is InChI=1S/C13H20N2O/c1-10-6-3-4-7-12(10)11(2)15-9-5-8-13(14)16/h3-4,6-7,11,15H,5,8-9H2,1-2H3,(H2,14,16). The van der Waals surface area contributed by atoms with Gasteiger partial charge in [0.25, 0.3) is 0 Å². The number of amides is 1. The fourth-order valence-electron chi connectivity index (χ4n) is 1.76. The van der Waals surface area contributed by atoms with Gasteiger partial charge in [-0.3, -0.25) is 4.79 Å². The Hall–Kier alpha value is -1.35. The van der Waals surface area contributed by atoms with Gasteiger partial charge < -0.3 is 11.1 Å². The summed E-state index contributed by atoms with van der Waals surface area (Å²) in [6.45, 7) is 5.06. The lowest BCUT2D eigenvalue weighted by molar-refractivity contribution is -0.118. The van der Waals surface area contributed by atoms with Gasteiger partial charge in [-0.05, 0) is 37.9 Å². The lowest BCUT2D eigenvalue weighted by Gasteiger charge is -2.16. The SMILES string of the molecule is Cc1ccccc1C(C)NCCCC(N)=O. The molecule has 3 heteroatoms. The van der Waals surface area contributed by atoms with Crippen molar-refractivity contribution in [1.29, 1.82) is 0 Å². The largest absolute Gasteiger partial charge is 0.370 e. The Morgan fingerprint density at radius 2 is 2.12 bits per heavy atom. The first-order valence-corrected chi connectivity index (χ1v) is 5.68. The molecule has 0 saturated heterocycles. The van der Waals surface area contributed by atoms with Crippen LogP contribution in [0.4, 0.5) is 0 Å². The van der Waals surface area contributed by atoms with Crippen LogP contribution >= 0.6 is 0 Å². The van der Waals surface area contributed by atoms with Gasteiger partial charge >= 0.3 is 0 Å². The second kappa shape index (κ2) is 6.28. The first-order valence-electron chi connectivity index (χ1n) is 5.68. The molecule has 3 nitrogen and oxygen atoms in total. The lowest BCUT2D eigenvalue weighted by atomic mass is 10.0. The molecule has 0 bridgehead atoms. The number of benzene rings is 1.